The normalized spacial score (nSPS) is 12.1. The number of primary amides is 1. The van der Waals surface area contributed by atoms with Crippen LogP contribution in [0.1, 0.15) is 28.2 Å². The summed E-state index contributed by atoms with van der Waals surface area (Å²) in [6.07, 6.45) is 1.23. The second kappa shape index (κ2) is 6.37. The number of halogens is 1. The van der Waals surface area contributed by atoms with Crippen LogP contribution in [0, 0.1) is 13.8 Å². The number of nitrogens with zero attached hydrogens (tertiary/aromatic N) is 2. The van der Waals surface area contributed by atoms with Gasteiger partial charge < -0.3 is 16.2 Å². The van der Waals surface area contributed by atoms with Gasteiger partial charge in [-0.1, -0.05) is 0 Å². The van der Waals surface area contributed by atoms with Gasteiger partial charge in [0.25, 0.3) is 5.91 Å². The molecule has 0 aliphatic heterocycles. The van der Waals surface area contributed by atoms with E-state index >= 15 is 0 Å². The summed E-state index contributed by atoms with van der Waals surface area (Å²) < 4.78 is 2.29. The van der Waals surface area contributed by atoms with Crippen molar-refractivity contribution in [3.8, 4) is 0 Å². The molecule has 2 rings (SSSR count). The van der Waals surface area contributed by atoms with Gasteiger partial charge in [-0.05, 0) is 41.4 Å². The Bertz CT molecular complexity index is 815. The number of carboxylic acids is 1. The number of rotatable bonds is 5. The monoisotopic (exact) mass is 382 g/mol. The first-order valence-electron chi connectivity index (χ1n) is 6.67. The molecular formula is C14H15BrN4O4. The van der Waals surface area contributed by atoms with Crippen LogP contribution in [-0.4, -0.2) is 38.3 Å². The van der Waals surface area contributed by atoms with E-state index < -0.39 is 30.2 Å². The molecule has 0 aromatic carbocycles. The Labute approximate surface area is 139 Å². The molecule has 0 fully saturated rings. The van der Waals surface area contributed by atoms with Gasteiger partial charge in [0, 0.05) is 6.20 Å². The van der Waals surface area contributed by atoms with Crippen LogP contribution in [0.2, 0.25) is 0 Å². The second-order valence-electron chi connectivity index (χ2n) is 5.14. The summed E-state index contributed by atoms with van der Waals surface area (Å²) in [6, 6.07) is 0.467. The fourth-order valence-electron chi connectivity index (χ4n) is 2.25. The van der Waals surface area contributed by atoms with Crippen LogP contribution >= 0.6 is 15.9 Å². The number of aliphatic carboxylic acids is 1. The van der Waals surface area contributed by atoms with Crippen molar-refractivity contribution in [3.63, 3.8) is 0 Å². The number of amides is 2. The minimum absolute atomic E-state index is 0.208. The van der Waals surface area contributed by atoms with Crippen molar-refractivity contribution in [1.82, 2.24) is 14.7 Å². The number of aryl methyl sites for hydroxylation is 2. The van der Waals surface area contributed by atoms with Gasteiger partial charge in [-0.3, -0.25) is 14.0 Å². The van der Waals surface area contributed by atoms with E-state index in [0.29, 0.717) is 15.8 Å². The van der Waals surface area contributed by atoms with Crippen LogP contribution in [0.15, 0.2) is 16.7 Å². The molecule has 0 radical (unpaired) electrons. The highest BCUT2D eigenvalue weighted by Gasteiger charge is 2.26. The van der Waals surface area contributed by atoms with Crippen molar-refractivity contribution in [2.75, 3.05) is 0 Å². The number of hydrogen-bond donors (Lipinski definition) is 3. The predicted octanol–water partition coefficient (Wildman–Crippen LogP) is 0.772. The van der Waals surface area contributed by atoms with E-state index in [0.717, 1.165) is 5.56 Å². The number of carbonyl (C=O) groups is 3. The molecule has 2 aromatic rings. The zero-order chi connectivity index (χ0) is 17.3. The molecule has 8 nitrogen and oxygen atoms in total. The Morgan fingerprint density at radius 1 is 1.43 bits per heavy atom. The topological polar surface area (TPSA) is 127 Å². The third kappa shape index (κ3) is 3.50. The average Bonchev–Trinajstić information content (AvgIpc) is 2.73. The molecule has 0 saturated heterocycles. The van der Waals surface area contributed by atoms with Gasteiger partial charge in [0.15, 0.2) is 5.65 Å². The van der Waals surface area contributed by atoms with Gasteiger partial charge >= 0.3 is 5.97 Å². The molecule has 4 N–H and O–H groups in total. The quantitative estimate of drug-likeness (QED) is 0.703. The summed E-state index contributed by atoms with van der Waals surface area (Å²) in [5, 5.41) is 11.4. The minimum atomic E-state index is -1.39. The first-order chi connectivity index (χ1) is 10.7. The van der Waals surface area contributed by atoms with E-state index in [-0.39, 0.29) is 5.69 Å². The number of fused-ring (bicyclic) bond motifs is 1. The molecule has 2 heterocycles. The van der Waals surface area contributed by atoms with Crippen molar-refractivity contribution >= 4 is 39.4 Å². The number of nitrogens with one attached hydrogen (secondary N) is 1. The maximum absolute atomic E-state index is 12.5. The zero-order valence-electron chi connectivity index (χ0n) is 12.5. The molecule has 2 aromatic heterocycles. The molecule has 2 amide bonds. The third-order valence-corrected chi connectivity index (χ3v) is 3.79. The van der Waals surface area contributed by atoms with Crippen molar-refractivity contribution in [1.29, 1.82) is 0 Å². The lowest BCUT2D eigenvalue weighted by atomic mass is 10.2. The second-order valence-corrected chi connectivity index (χ2v) is 5.99. The lowest BCUT2D eigenvalue weighted by molar-refractivity contribution is -0.140. The predicted molar refractivity (Wildman–Crippen MR) is 85.1 cm³/mol. The third-order valence-electron chi connectivity index (χ3n) is 3.21. The number of imidazole rings is 1. The van der Waals surface area contributed by atoms with Gasteiger partial charge in [-0.15, -0.1) is 0 Å². The Hall–Kier alpha value is -2.42. The van der Waals surface area contributed by atoms with Crippen LogP contribution in [0.5, 0.6) is 0 Å². The summed E-state index contributed by atoms with van der Waals surface area (Å²) >= 11 is 3.38. The maximum atomic E-state index is 12.5. The van der Waals surface area contributed by atoms with E-state index in [1.54, 1.807) is 17.5 Å². The molecule has 0 bridgehead atoms. The highest BCUT2D eigenvalue weighted by Crippen LogP contribution is 2.22. The standard InChI is InChI=1S/C14H15BrN4O4/c1-6-3-8(15)12-17-7(2)11(19(12)5-6)13(21)18-9(14(22)23)4-10(16)20/h3,5,9H,4H2,1-2H3,(H2,16,20)(H,18,21)(H,22,23). The number of nitrogens with two attached hydrogens (primary N) is 1. The SMILES string of the molecule is Cc1cc(Br)c2nc(C)c(C(=O)NC(CC(N)=O)C(=O)O)n2c1. The minimum Gasteiger partial charge on any atom is -0.480 e. The highest BCUT2D eigenvalue weighted by molar-refractivity contribution is 9.10. The van der Waals surface area contributed by atoms with Crippen molar-refractivity contribution in [2.45, 2.75) is 26.3 Å². The van der Waals surface area contributed by atoms with Crippen LogP contribution in [0.4, 0.5) is 0 Å². The largest absolute Gasteiger partial charge is 0.480 e. The number of aromatic nitrogens is 2. The van der Waals surface area contributed by atoms with Gasteiger partial charge in [0.1, 0.15) is 11.7 Å². The number of carbonyl (C=O) groups excluding carboxylic acids is 2. The zero-order valence-corrected chi connectivity index (χ0v) is 14.0. The lowest BCUT2D eigenvalue weighted by Crippen LogP contribution is -2.43. The van der Waals surface area contributed by atoms with E-state index in [9.17, 15) is 14.4 Å². The Morgan fingerprint density at radius 2 is 2.09 bits per heavy atom. The highest BCUT2D eigenvalue weighted by atomic mass is 79.9. The lowest BCUT2D eigenvalue weighted by Gasteiger charge is -2.13. The van der Waals surface area contributed by atoms with Gasteiger partial charge in [-0.25, -0.2) is 9.78 Å². The maximum Gasteiger partial charge on any atom is 0.326 e. The van der Waals surface area contributed by atoms with Gasteiger partial charge in [-0.2, -0.15) is 0 Å². The van der Waals surface area contributed by atoms with Crippen LogP contribution < -0.4 is 11.1 Å². The molecule has 9 heteroatoms. The van der Waals surface area contributed by atoms with Crippen molar-refractivity contribution in [3.05, 3.63) is 33.7 Å². The average molecular weight is 383 g/mol. The molecule has 1 unspecified atom stereocenters. The van der Waals surface area contributed by atoms with E-state index in [2.05, 4.69) is 26.2 Å². The number of carboxylic acid groups (broad SMARTS) is 1. The summed E-state index contributed by atoms with van der Waals surface area (Å²) in [5.41, 5.74) is 7.09. The molecule has 0 aliphatic rings. The van der Waals surface area contributed by atoms with Crippen LogP contribution in [0.25, 0.3) is 5.65 Å². The molecule has 122 valence electrons. The summed E-state index contributed by atoms with van der Waals surface area (Å²) in [7, 11) is 0. The summed E-state index contributed by atoms with van der Waals surface area (Å²) in [5.74, 6) is -2.78. The molecule has 0 aliphatic carbocycles. The first kappa shape index (κ1) is 16.9. The number of pyridine rings is 1. The Balaban J connectivity index is 2.43. The van der Waals surface area contributed by atoms with E-state index in [1.807, 2.05) is 13.0 Å². The molecule has 1 atom stereocenters. The summed E-state index contributed by atoms with van der Waals surface area (Å²) in [6.45, 7) is 3.50. The molecule has 23 heavy (non-hydrogen) atoms. The molecule has 0 saturated carbocycles. The number of hydrogen-bond acceptors (Lipinski definition) is 4. The fraction of sp³-hybridized carbons (Fsp3) is 0.286. The van der Waals surface area contributed by atoms with E-state index in [4.69, 9.17) is 10.8 Å². The smallest absolute Gasteiger partial charge is 0.326 e. The summed E-state index contributed by atoms with van der Waals surface area (Å²) in [4.78, 5) is 38.8. The first-order valence-corrected chi connectivity index (χ1v) is 7.46. The van der Waals surface area contributed by atoms with Crippen LogP contribution in [-0.2, 0) is 9.59 Å². The molecule has 0 spiro atoms. The van der Waals surface area contributed by atoms with Gasteiger partial charge in [0.05, 0.1) is 16.6 Å². The Kier molecular flexibility index (Phi) is 4.69. The van der Waals surface area contributed by atoms with Crippen molar-refractivity contribution in [2.24, 2.45) is 5.73 Å². The molecular weight excluding hydrogens is 368 g/mol. The van der Waals surface area contributed by atoms with E-state index in [1.165, 1.54) is 0 Å². The fourth-order valence-corrected chi connectivity index (χ4v) is 2.89. The Morgan fingerprint density at radius 3 is 2.65 bits per heavy atom. The van der Waals surface area contributed by atoms with Crippen molar-refractivity contribution < 1.29 is 19.5 Å². The van der Waals surface area contributed by atoms with Gasteiger partial charge in [0.2, 0.25) is 5.91 Å². The van der Waals surface area contributed by atoms with Crippen LogP contribution in [0.3, 0.4) is 0 Å².